The Labute approximate surface area is 140 Å². The number of aliphatic hydroxyl groups is 1. The fourth-order valence-electron chi connectivity index (χ4n) is 2.88. The van der Waals surface area contributed by atoms with Crippen LogP contribution in [-0.4, -0.2) is 82.7 Å². The minimum atomic E-state index is 0.0293. The molecule has 2 aliphatic rings. The van der Waals surface area contributed by atoms with Gasteiger partial charge in [0, 0.05) is 56.3 Å². The number of ether oxygens (including phenoxy) is 1. The lowest BCUT2D eigenvalue weighted by atomic mass is 10.2. The molecule has 1 aromatic heterocycles. The second-order valence-electron chi connectivity index (χ2n) is 5.84. The number of pyridine rings is 1. The molecule has 2 aliphatic heterocycles. The first-order valence-corrected chi connectivity index (χ1v) is 9.24. The molecule has 1 atom stereocenters. The van der Waals surface area contributed by atoms with Crippen LogP contribution in [0.1, 0.15) is 16.8 Å². The summed E-state index contributed by atoms with van der Waals surface area (Å²) in [5.41, 5.74) is 0.635. The highest BCUT2D eigenvalue weighted by molar-refractivity contribution is 7.99. The van der Waals surface area contributed by atoms with E-state index in [1.165, 1.54) is 0 Å². The molecule has 0 aromatic carbocycles. The summed E-state index contributed by atoms with van der Waals surface area (Å²) in [5, 5.41) is 8.97. The molecule has 1 unspecified atom stereocenters. The smallest absolute Gasteiger partial charge is 0.254 e. The molecule has 1 amide bonds. The monoisotopic (exact) mass is 337 g/mol. The second kappa shape index (κ2) is 7.99. The molecule has 23 heavy (non-hydrogen) atoms. The van der Waals surface area contributed by atoms with Crippen LogP contribution in [-0.2, 0) is 0 Å². The minimum Gasteiger partial charge on any atom is -0.473 e. The van der Waals surface area contributed by atoms with E-state index in [2.05, 4.69) is 9.88 Å². The molecule has 1 aromatic rings. The van der Waals surface area contributed by atoms with Crippen LogP contribution in [0, 0.1) is 0 Å². The number of carbonyl (C=O) groups is 1. The Hall–Kier alpha value is -1.31. The van der Waals surface area contributed by atoms with Crippen molar-refractivity contribution in [1.82, 2.24) is 14.8 Å². The molecular weight excluding hydrogens is 314 g/mol. The van der Waals surface area contributed by atoms with Crippen molar-refractivity contribution in [3.8, 4) is 5.88 Å². The predicted octanol–water partition coefficient (Wildman–Crippen LogP) is 0.716. The quantitative estimate of drug-likeness (QED) is 0.854. The van der Waals surface area contributed by atoms with Crippen LogP contribution in [0.2, 0.25) is 0 Å². The van der Waals surface area contributed by atoms with Crippen molar-refractivity contribution in [2.45, 2.75) is 12.5 Å². The molecule has 3 rings (SSSR count). The molecule has 2 saturated heterocycles. The Balaban J connectivity index is 1.59. The van der Waals surface area contributed by atoms with E-state index in [0.717, 1.165) is 31.0 Å². The molecule has 6 nitrogen and oxygen atoms in total. The van der Waals surface area contributed by atoms with Crippen LogP contribution >= 0.6 is 11.8 Å². The van der Waals surface area contributed by atoms with E-state index in [1.807, 2.05) is 16.7 Å². The van der Waals surface area contributed by atoms with Gasteiger partial charge in [0.1, 0.15) is 6.10 Å². The van der Waals surface area contributed by atoms with E-state index in [9.17, 15) is 4.79 Å². The SMILES string of the molecule is O=C(c1ccnc(OC2CCSC2)c1)N1CCN(CCO)CC1. The third kappa shape index (κ3) is 4.37. The average molecular weight is 337 g/mol. The van der Waals surface area contributed by atoms with Crippen molar-refractivity contribution < 1.29 is 14.6 Å². The summed E-state index contributed by atoms with van der Waals surface area (Å²) in [7, 11) is 0. The summed E-state index contributed by atoms with van der Waals surface area (Å²) in [5.74, 6) is 2.69. The summed E-state index contributed by atoms with van der Waals surface area (Å²) < 4.78 is 5.86. The van der Waals surface area contributed by atoms with Gasteiger partial charge in [0.05, 0.1) is 6.61 Å². The van der Waals surface area contributed by atoms with Gasteiger partial charge in [-0.1, -0.05) is 0 Å². The van der Waals surface area contributed by atoms with Crippen molar-refractivity contribution in [2.24, 2.45) is 0 Å². The average Bonchev–Trinajstić information content (AvgIpc) is 3.08. The first kappa shape index (κ1) is 16.5. The van der Waals surface area contributed by atoms with E-state index in [-0.39, 0.29) is 18.6 Å². The van der Waals surface area contributed by atoms with Crippen LogP contribution in [0.3, 0.4) is 0 Å². The van der Waals surface area contributed by atoms with Crippen molar-refractivity contribution in [2.75, 3.05) is 50.8 Å². The lowest BCUT2D eigenvalue weighted by Gasteiger charge is -2.34. The minimum absolute atomic E-state index is 0.0293. The molecule has 0 spiro atoms. The molecule has 0 saturated carbocycles. The maximum Gasteiger partial charge on any atom is 0.254 e. The first-order chi connectivity index (χ1) is 11.3. The molecule has 7 heteroatoms. The Bertz CT molecular complexity index is 529. The van der Waals surface area contributed by atoms with Crippen LogP contribution in [0.4, 0.5) is 0 Å². The zero-order chi connectivity index (χ0) is 16.1. The number of rotatable bonds is 5. The standard InChI is InChI=1S/C16H23N3O3S/c20-9-8-18-4-6-19(7-5-18)16(21)13-1-3-17-15(11-13)22-14-2-10-23-12-14/h1,3,11,14,20H,2,4-10,12H2. The highest BCUT2D eigenvalue weighted by Gasteiger charge is 2.23. The highest BCUT2D eigenvalue weighted by Crippen LogP contribution is 2.22. The summed E-state index contributed by atoms with van der Waals surface area (Å²) in [6, 6.07) is 3.50. The van der Waals surface area contributed by atoms with Gasteiger partial charge in [0.15, 0.2) is 0 Å². The number of piperazine rings is 1. The lowest BCUT2D eigenvalue weighted by molar-refractivity contribution is 0.0614. The van der Waals surface area contributed by atoms with Gasteiger partial charge in [0.25, 0.3) is 5.91 Å². The summed E-state index contributed by atoms with van der Waals surface area (Å²) >= 11 is 1.89. The highest BCUT2D eigenvalue weighted by atomic mass is 32.2. The number of aromatic nitrogens is 1. The second-order valence-corrected chi connectivity index (χ2v) is 6.99. The van der Waals surface area contributed by atoms with E-state index in [4.69, 9.17) is 9.84 Å². The van der Waals surface area contributed by atoms with Crippen LogP contribution in [0.25, 0.3) is 0 Å². The normalized spacial score (nSPS) is 22.3. The predicted molar refractivity (Wildman–Crippen MR) is 90.0 cm³/mol. The third-order valence-corrected chi connectivity index (χ3v) is 5.36. The summed E-state index contributed by atoms with van der Waals surface area (Å²) in [6.45, 7) is 3.83. The van der Waals surface area contributed by atoms with Gasteiger partial charge < -0.3 is 14.7 Å². The van der Waals surface area contributed by atoms with Crippen molar-refractivity contribution in [1.29, 1.82) is 0 Å². The number of hydrogen-bond acceptors (Lipinski definition) is 6. The van der Waals surface area contributed by atoms with Crippen molar-refractivity contribution in [3.05, 3.63) is 23.9 Å². The van der Waals surface area contributed by atoms with Crippen molar-refractivity contribution in [3.63, 3.8) is 0 Å². The van der Waals surface area contributed by atoms with E-state index < -0.39 is 0 Å². The number of hydrogen-bond donors (Lipinski definition) is 1. The zero-order valence-electron chi connectivity index (χ0n) is 13.2. The number of thioether (sulfide) groups is 1. The fourth-order valence-corrected chi connectivity index (χ4v) is 3.98. The van der Waals surface area contributed by atoms with Gasteiger partial charge in [-0.2, -0.15) is 11.8 Å². The summed E-state index contributed by atoms with van der Waals surface area (Å²) in [4.78, 5) is 20.9. The van der Waals surface area contributed by atoms with Crippen LogP contribution in [0.5, 0.6) is 5.88 Å². The maximum atomic E-state index is 12.6. The third-order valence-electron chi connectivity index (χ3n) is 4.23. The molecule has 0 bridgehead atoms. The van der Waals surface area contributed by atoms with Crippen LogP contribution < -0.4 is 4.74 Å². The molecule has 3 heterocycles. The van der Waals surface area contributed by atoms with Gasteiger partial charge in [-0.15, -0.1) is 0 Å². The van der Waals surface area contributed by atoms with Gasteiger partial charge in [-0.3, -0.25) is 9.69 Å². The number of carbonyl (C=O) groups excluding carboxylic acids is 1. The number of nitrogens with zero attached hydrogens (tertiary/aromatic N) is 3. The number of amides is 1. The molecule has 2 fully saturated rings. The Morgan fingerprint density at radius 1 is 1.39 bits per heavy atom. The van der Waals surface area contributed by atoms with E-state index in [0.29, 0.717) is 31.1 Å². The summed E-state index contributed by atoms with van der Waals surface area (Å²) in [6.07, 6.45) is 2.89. The molecular formula is C16H23N3O3S. The van der Waals surface area contributed by atoms with Gasteiger partial charge in [-0.05, 0) is 18.2 Å². The fraction of sp³-hybridized carbons (Fsp3) is 0.625. The van der Waals surface area contributed by atoms with Crippen molar-refractivity contribution >= 4 is 17.7 Å². The topological polar surface area (TPSA) is 65.9 Å². The first-order valence-electron chi connectivity index (χ1n) is 8.09. The number of aliphatic hydroxyl groups excluding tert-OH is 1. The lowest BCUT2D eigenvalue weighted by Crippen LogP contribution is -2.49. The maximum absolute atomic E-state index is 12.6. The molecule has 0 radical (unpaired) electrons. The van der Waals surface area contributed by atoms with E-state index in [1.54, 1.807) is 18.3 Å². The molecule has 126 valence electrons. The largest absolute Gasteiger partial charge is 0.473 e. The Kier molecular flexibility index (Phi) is 5.75. The number of β-amino-alcohol motifs (C(OH)–C–C–N with tert-alkyl or cyclic N) is 1. The molecule has 0 aliphatic carbocycles. The van der Waals surface area contributed by atoms with Crippen LogP contribution in [0.15, 0.2) is 18.3 Å². The van der Waals surface area contributed by atoms with E-state index >= 15 is 0 Å². The molecule has 1 N–H and O–H groups in total. The van der Waals surface area contributed by atoms with Gasteiger partial charge in [0.2, 0.25) is 5.88 Å². The zero-order valence-corrected chi connectivity index (χ0v) is 14.0. The Morgan fingerprint density at radius 2 is 2.22 bits per heavy atom. The van der Waals surface area contributed by atoms with Gasteiger partial charge >= 0.3 is 0 Å². The van der Waals surface area contributed by atoms with Gasteiger partial charge in [-0.25, -0.2) is 4.98 Å². The Morgan fingerprint density at radius 3 is 2.91 bits per heavy atom.